The Morgan fingerprint density at radius 2 is 2.00 bits per heavy atom. The number of hydrogen-bond acceptors (Lipinski definition) is 3. The quantitative estimate of drug-likeness (QED) is 0.319. The molecular weight excluding hydrogens is 121 g/mol. The first kappa shape index (κ1) is 8.14. The maximum absolute atomic E-state index is 10.4. The van der Waals surface area contributed by atoms with Crippen molar-refractivity contribution in [1.82, 2.24) is 0 Å². The summed E-state index contributed by atoms with van der Waals surface area (Å²) < 4.78 is 4.49. The molecule has 52 valence electrons. The van der Waals surface area contributed by atoms with Gasteiger partial charge < -0.3 is 4.74 Å². The third-order valence-corrected chi connectivity index (χ3v) is 0.699. The van der Waals surface area contributed by atoms with Gasteiger partial charge in [0, 0.05) is 0 Å². The second-order valence-corrected chi connectivity index (χ2v) is 1.68. The first-order valence-corrected chi connectivity index (χ1v) is 2.82. The summed E-state index contributed by atoms with van der Waals surface area (Å²) in [5.41, 5.74) is 0. The number of hydrogen-bond donors (Lipinski definition) is 0. The van der Waals surface area contributed by atoms with Gasteiger partial charge in [-0.25, -0.2) is 0 Å². The molecule has 0 atom stereocenters. The number of Topliss-reactive ketones (excluding diaryl/α,β-unsaturated/α-hetero) is 1. The molecule has 0 bridgehead atoms. The lowest BCUT2D eigenvalue weighted by atomic mass is 10.4. The number of carbonyl (C=O) groups is 2. The van der Waals surface area contributed by atoms with Crippen molar-refractivity contribution in [3.8, 4) is 0 Å². The van der Waals surface area contributed by atoms with Crippen LogP contribution in [0.1, 0.15) is 20.3 Å². The van der Waals surface area contributed by atoms with Gasteiger partial charge in [-0.05, 0) is 13.8 Å². The highest BCUT2D eigenvalue weighted by Gasteiger charge is 2.03. The maximum Gasteiger partial charge on any atom is 0.313 e. The molecule has 0 N–H and O–H groups in total. The molecule has 0 aromatic carbocycles. The predicted molar refractivity (Wildman–Crippen MR) is 31.9 cm³/mol. The van der Waals surface area contributed by atoms with Crippen LogP contribution >= 0.6 is 0 Å². The van der Waals surface area contributed by atoms with Crippen LogP contribution in [-0.4, -0.2) is 18.4 Å². The van der Waals surface area contributed by atoms with Crippen molar-refractivity contribution in [2.24, 2.45) is 0 Å². The Morgan fingerprint density at radius 3 is 2.33 bits per heavy atom. The minimum Gasteiger partial charge on any atom is -0.466 e. The highest BCUT2D eigenvalue weighted by Crippen LogP contribution is 1.86. The monoisotopic (exact) mass is 131 g/mol. The van der Waals surface area contributed by atoms with Crippen molar-refractivity contribution in [3.05, 3.63) is 0 Å². The lowest BCUT2D eigenvalue weighted by molar-refractivity contribution is -0.145. The Hall–Kier alpha value is -0.860. The maximum atomic E-state index is 10.4. The third kappa shape index (κ3) is 5.00. The van der Waals surface area contributed by atoms with Crippen LogP contribution in [0.2, 0.25) is 0 Å². The minimum absolute atomic E-state index is 0.103. The van der Waals surface area contributed by atoms with Crippen molar-refractivity contribution in [2.75, 3.05) is 6.61 Å². The lowest BCUT2D eigenvalue weighted by Gasteiger charge is -1.96. The van der Waals surface area contributed by atoms with Crippen molar-refractivity contribution in [1.29, 1.82) is 0 Å². The van der Waals surface area contributed by atoms with E-state index in [4.69, 9.17) is 0 Å². The van der Waals surface area contributed by atoms with E-state index in [-0.39, 0.29) is 12.2 Å². The fraction of sp³-hybridized carbons (Fsp3) is 0.667. The molecule has 3 nitrogen and oxygen atoms in total. The molecular formula is C6H10O3. The fourth-order valence-corrected chi connectivity index (χ4v) is 0.415. The molecule has 0 aromatic heterocycles. The van der Waals surface area contributed by atoms with E-state index in [9.17, 15) is 9.59 Å². The number of carbonyl (C=O) groups excluding carboxylic acids is 2. The van der Waals surface area contributed by atoms with E-state index in [2.05, 4.69) is 4.74 Å². The molecule has 0 unspecified atom stereocenters. The first-order chi connectivity index (χ1) is 4.16. The third-order valence-electron chi connectivity index (χ3n) is 0.699. The van der Waals surface area contributed by atoms with Gasteiger partial charge in [0.05, 0.1) is 6.61 Å². The van der Waals surface area contributed by atoms with Gasteiger partial charge in [-0.15, -0.1) is 0 Å². The van der Waals surface area contributed by atoms with E-state index >= 15 is 0 Å². The average Bonchev–Trinajstić information content (AvgIpc) is 1.63. The predicted octanol–water partition coefficient (Wildman–Crippen LogP) is 0.529. The molecule has 0 saturated heterocycles. The molecule has 0 spiro atoms. The SMILES string of the molecule is CCOC(=O)CC([13CH3])=O. The first-order valence-electron chi connectivity index (χ1n) is 2.82. The summed E-state index contributed by atoms with van der Waals surface area (Å²) in [6.07, 6.45) is -0.103. The van der Waals surface area contributed by atoms with Crippen molar-refractivity contribution in [3.63, 3.8) is 0 Å². The Bertz CT molecular complexity index is 117. The van der Waals surface area contributed by atoms with Gasteiger partial charge in [0.15, 0.2) is 0 Å². The summed E-state index contributed by atoms with van der Waals surface area (Å²) in [6.45, 7) is 3.40. The van der Waals surface area contributed by atoms with Crippen LogP contribution in [0.15, 0.2) is 0 Å². The normalized spacial score (nSPS) is 8.67. The van der Waals surface area contributed by atoms with Gasteiger partial charge in [0.2, 0.25) is 0 Å². The summed E-state index contributed by atoms with van der Waals surface area (Å²) >= 11 is 0. The number of esters is 1. The Kier molecular flexibility index (Phi) is 3.67. The number of ether oxygens (including phenoxy) is 1. The topological polar surface area (TPSA) is 43.4 Å². The summed E-state index contributed by atoms with van der Waals surface area (Å²) in [5.74, 6) is -0.599. The molecule has 3 heteroatoms. The summed E-state index contributed by atoms with van der Waals surface area (Å²) in [6, 6.07) is 0. The Balaban J connectivity index is 3.39. The van der Waals surface area contributed by atoms with Crippen molar-refractivity contribution >= 4 is 11.8 Å². The molecule has 0 amide bonds. The van der Waals surface area contributed by atoms with E-state index in [0.29, 0.717) is 6.61 Å². The summed E-state index contributed by atoms with van der Waals surface area (Å²) in [4.78, 5) is 20.6. The van der Waals surface area contributed by atoms with Gasteiger partial charge in [-0.1, -0.05) is 0 Å². The van der Waals surface area contributed by atoms with Crippen LogP contribution in [0.25, 0.3) is 0 Å². The smallest absolute Gasteiger partial charge is 0.313 e. The van der Waals surface area contributed by atoms with E-state index < -0.39 is 5.97 Å². The second-order valence-electron chi connectivity index (χ2n) is 1.68. The van der Waals surface area contributed by atoms with Crippen LogP contribution in [-0.2, 0) is 14.3 Å². The molecule has 0 radical (unpaired) electrons. The van der Waals surface area contributed by atoms with Crippen LogP contribution in [0, 0.1) is 0 Å². The standard InChI is InChI=1S/C6H10O3/c1-3-9-6(8)4-5(2)7/h3-4H2,1-2H3/i2+1. The van der Waals surface area contributed by atoms with Gasteiger partial charge in [-0.2, -0.15) is 0 Å². The largest absolute Gasteiger partial charge is 0.466 e. The fourth-order valence-electron chi connectivity index (χ4n) is 0.415. The van der Waals surface area contributed by atoms with Crippen LogP contribution in [0.3, 0.4) is 0 Å². The Labute approximate surface area is 54.0 Å². The lowest BCUT2D eigenvalue weighted by Crippen LogP contribution is -2.07. The minimum atomic E-state index is -0.440. The molecule has 0 saturated carbocycles. The van der Waals surface area contributed by atoms with Gasteiger partial charge in [0.25, 0.3) is 0 Å². The zero-order valence-corrected chi connectivity index (χ0v) is 5.64. The van der Waals surface area contributed by atoms with Crippen LogP contribution < -0.4 is 0 Å². The average molecular weight is 131 g/mol. The van der Waals surface area contributed by atoms with Crippen LogP contribution in [0.4, 0.5) is 0 Å². The molecule has 0 rings (SSSR count). The molecule has 9 heavy (non-hydrogen) atoms. The zero-order valence-electron chi connectivity index (χ0n) is 5.64. The Morgan fingerprint density at radius 1 is 1.44 bits per heavy atom. The molecule has 0 aliphatic rings. The van der Waals surface area contributed by atoms with Crippen LogP contribution in [0.5, 0.6) is 0 Å². The highest BCUT2D eigenvalue weighted by atomic mass is 16.5. The van der Waals surface area contributed by atoms with E-state index in [1.165, 1.54) is 6.92 Å². The van der Waals surface area contributed by atoms with Crippen molar-refractivity contribution < 1.29 is 14.3 Å². The second kappa shape index (κ2) is 4.06. The number of rotatable bonds is 3. The van der Waals surface area contributed by atoms with Gasteiger partial charge in [0.1, 0.15) is 12.2 Å². The molecule has 0 aliphatic heterocycles. The van der Waals surface area contributed by atoms with E-state index in [0.717, 1.165) is 0 Å². The molecule has 0 aliphatic carbocycles. The van der Waals surface area contributed by atoms with Gasteiger partial charge >= 0.3 is 5.97 Å². The van der Waals surface area contributed by atoms with Gasteiger partial charge in [-0.3, -0.25) is 9.59 Å². The van der Waals surface area contributed by atoms with E-state index in [1.54, 1.807) is 6.92 Å². The molecule has 0 aromatic rings. The highest BCUT2D eigenvalue weighted by molar-refractivity contribution is 5.94. The molecule has 0 fully saturated rings. The summed E-state index contributed by atoms with van der Waals surface area (Å²) in [7, 11) is 0. The molecule has 0 heterocycles. The van der Waals surface area contributed by atoms with E-state index in [1.807, 2.05) is 0 Å². The summed E-state index contributed by atoms with van der Waals surface area (Å²) in [5, 5.41) is 0. The zero-order chi connectivity index (χ0) is 7.28. The van der Waals surface area contributed by atoms with Crippen molar-refractivity contribution in [2.45, 2.75) is 20.3 Å². The number of ketones is 1.